The van der Waals surface area contributed by atoms with Gasteiger partial charge < -0.3 is 10.2 Å². The summed E-state index contributed by atoms with van der Waals surface area (Å²) in [5, 5.41) is 3.11. The monoisotopic (exact) mass is 198 g/mol. The molecule has 0 atom stereocenters. The number of rotatable bonds is 1. The molecule has 0 spiro atoms. The van der Waals surface area contributed by atoms with E-state index in [1.807, 2.05) is 0 Å². The van der Waals surface area contributed by atoms with E-state index < -0.39 is 0 Å². The molecule has 0 aliphatic carbocycles. The Hall–Kier alpha value is -0.500. The summed E-state index contributed by atoms with van der Waals surface area (Å²) in [6.07, 6.45) is 3.99. The topological polar surface area (TPSA) is 15.3 Å². The predicted molar refractivity (Wildman–Crippen MR) is 64.5 cm³/mol. The molecule has 0 radical (unpaired) electrons. The van der Waals surface area contributed by atoms with Crippen molar-refractivity contribution in [1.82, 2.24) is 10.2 Å². The van der Waals surface area contributed by atoms with Crippen molar-refractivity contribution in [3.05, 3.63) is 12.3 Å². The van der Waals surface area contributed by atoms with Gasteiger partial charge in [-0.05, 0) is 32.9 Å². The molecule has 0 aromatic carbocycles. The van der Waals surface area contributed by atoms with E-state index in [-0.39, 0.29) is 0 Å². The zero-order valence-electron chi connectivity index (χ0n) is 10.1. The maximum absolute atomic E-state index is 3.80. The fourth-order valence-corrected chi connectivity index (χ4v) is 0.875. The first kappa shape index (κ1) is 13.5. The van der Waals surface area contributed by atoms with Crippen LogP contribution in [-0.2, 0) is 0 Å². The van der Waals surface area contributed by atoms with Crippen molar-refractivity contribution in [2.45, 2.75) is 40.0 Å². The van der Waals surface area contributed by atoms with Crippen molar-refractivity contribution < 1.29 is 0 Å². The van der Waals surface area contributed by atoms with Gasteiger partial charge in [-0.1, -0.05) is 26.8 Å². The first-order valence-electron chi connectivity index (χ1n) is 5.83. The zero-order valence-corrected chi connectivity index (χ0v) is 10.1. The molecule has 0 bridgehead atoms. The van der Waals surface area contributed by atoms with Gasteiger partial charge in [-0.3, -0.25) is 0 Å². The second-order valence-corrected chi connectivity index (χ2v) is 3.89. The highest BCUT2D eigenvalue weighted by atomic mass is 15.2. The van der Waals surface area contributed by atoms with Gasteiger partial charge in [0.1, 0.15) is 0 Å². The number of nitrogens with zero attached hydrogens (tertiary/aromatic N) is 1. The van der Waals surface area contributed by atoms with Crippen molar-refractivity contribution in [2.24, 2.45) is 0 Å². The van der Waals surface area contributed by atoms with Gasteiger partial charge in [0.25, 0.3) is 0 Å². The molecule has 0 amide bonds. The van der Waals surface area contributed by atoms with Crippen LogP contribution in [0.1, 0.15) is 40.0 Å². The highest BCUT2D eigenvalue weighted by Gasteiger charge is 2.10. The van der Waals surface area contributed by atoms with E-state index >= 15 is 0 Å². The van der Waals surface area contributed by atoms with E-state index in [1.54, 1.807) is 0 Å². The van der Waals surface area contributed by atoms with Crippen molar-refractivity contribution in [3.8, 4) is 0 Å². The average Bonchev–Trinajstić information content (AvgIpc) is 1.77. The van der Waals surface area contributed by atoms with Crippen LogP contribution in [0, 0.1) is 0 Å². The Balaban J connectivity index is 0.000000206. The van der Waals surface area contributed by atoms with Crippen molar-refractivity contribution in [2.75, 3.05) is 26.2 Å². The molecule has 2 aliphatic heterocycles. The molecule has 84 valence electrons. The summed E-state index contributed by atoms with van der Waals surface area (Å²) in [6, 6.07) is 0. The summed E-state index contributed by atoms with van der Waals surface area (Å²) in [7, 11) is 0. The molecule has 1 N–H and O–H groups in total. The SMILES string of the molecule is C1CNC1.C=C(C)N1CCC1.CCC. The molecular weight excluding hydrogens is 172 g/mol. The molecule has 2 aliphatic rings. The van der Waals surface area contributed by atoms with Crippen LogP contribution in [0.5, 0.6) is 0 Å². The maximum atomic E-state index is 3.80. The molecular formula is C12H26N2. The van der Waals surface area contributed by atoms with Gasteiger partial charge in [0.05, 0.1) is 0 Å². The smallest absolute Gasteiger partial charge is 0.0191 e. The van der Waals surface area contributed by atoms with Gasteiger partial charge in [0, 0.05) is 18.8 Å². The van der Waals surface area contributed by atoms with Gasteiger partial charge in [0.15, 0.2) is 0 Å². The minimum absolute atomic E-state index is 1.21. The summed E-state index contributed by atoms with van der Waals surface area (Å²) in [6.45, 7) is 15.1. The van der Waals surface area contributed by atoms with E-state index in [2.05, 4.69) is 37.6 Å². The van der Waals surface area contributed by atoms with Crippen LogP contribution in [0.4, 0.5) is 0 Å². The van der Waals surface area contributed by atoms with Crippen LogP contribution in [0.2, 0.25) is 0 Å². The third kappa shape index (κ3) is 6.96. The van der Waals surface area contributed by atoms with Crippen molar-refractivity contribution in [3.63, 3.8) is 0 Å². The second kappa shape index (κ2) is 9.07. The Kier molecular flexibility index (Phi) is 8.75. The molecule has 2 nitrogen and oxygen atoms in total. The first-order valence-corrected chi connectivity index (χ1v) is 5.83. The van der Waals surface area contributed by atoms with Crippen molar-refractivity contribution in [1.29, 1.82) is 0 Å². The van der Waals surface area contributed by atoms with E-state index in [0.717, 1.165) is 0 Å². The third-order valence-electron chi connectivity index (χ3n) is 2.10. The summed E-state index contributed by atoms with van der Waals surface area (Å²) >= 11 is 0. The normalized spacial score (nSPS) is 17.5. The van der Waals surface area contributed by atoms with E-state index in [4.69, 9.17) is 0 Å². The molecule has 2 rings (SSSR count). The van der Waals surface area contributed by atoms with E-state index in [1.165, 1.54) is 51.1 Å². The summed E-state index contributed by atoms with van der Waals surface area (Å²) < 4.78 is 0. The predicted octanol–water partition coefficient (Wildman–Crippen LogP) is 2.62. The Morgan fingerprint density at radius 2 is 1.57 bits per heavy atom. The number of allylic oxidation sites excluding steroid dienone is 1. The van der Waals surface area contributed by atoms with Crippen LogP contribution in [0.3, 0.4) is 0 Å². The molecule has 2 saturated heterocycles. The van der Waals surface area contributed by atoms with Crippen LogP contribution in [-0.4, -0.2) is 31.1 Å². The standard InChI is InChI=1S/C6H11N.C3H7N.C3H8/c1-6(2)7-4-3-5-7;1-2-4-3-1;1-3-2/h1,3-5H2,2H3;4H,1-3H2;3H2,1-2H3. The average molecular weight is 198 g/mol. The molecule has 0 unspecified atom stereocenters. The van der Waals surface area contributed by atoms with Crippen LogP contribution in [0.15, 0.2) is 12.3 Å². The summed E-state index contributed by atoms with van der Waals surface area (Å²) in [4.78, 5) is 2.28. The highest BCUT2D eigenvalue weighted by molar-refractivity contribution is 4.92. The molecule has 0 aromatic rings. The van der Waals surface area contributed by atoms with Gasteiger partial charge >= 0.3 is 0 Å². The van der Waals surface area contributed by atoms with E-state index in [9.17, 15) is 0 Å². The van der Waals surface area contributed by atoms with Gasteiger partial charge in [-0.15, -0.1) is 0 Å². The lowest BCUT2D eigenvalue weighted by Crippen LogP contribution is -2.34. The fraction of sp³-hybridized carbons (Fsp3) is 0.833. The number of hydrogen-bond acceptors (Lipinski definition) is 2. The Morgan fingerprint density at radius 3 is 1.57 bits per heavy atom. The molecule has 2 heterocycles. The summed E-state index contributed by atoms with van der Waals surface area (Å²) in [5.41, 5.74) is 1.21. The lowest BCUT2D eigenvalue weighted by Gasteiger charge is -2.32. The maximum Gasteiger partial charge on any atom is 0.0191 e. The zero-order chi connectivity index (χ0) is 10.8. The van der Waals surface area contributed by atoms with Crippen LogP contribution >= 0.6 is 0 Å². The Bertz CT molecular complexity index is 131. The molecule has 14 heavy (non-hydrogen) atoms. The molecule has 0 saturated carbocycles. The lowest BCUT2D eigenvalue weighted by molar-refractivity contribution is 0.240. The van der Waals surface area contributed by atoms with Crippen LogP contribution < -0.4 is 5.32 Å². The molecule has 2 heteroatoms. The molecule has 0 aromatic heterocycles. The highest BCUT2D eigenvalue weighted by Crippen LogP contribution is 2.10. The third-order valence-corrected chi connectivity index (χ3v) is 2.10. The van der Waals surface area contributed by atoms with Crippen LogP contribution in [0.25, 0.3) is 0 Å². The van der Waals surface area contributed by atoms with Gasteiger partial charge in [-0.25, -0.2) is 0 Å². The Labute approximate surface area is 89.4 Å². The lowest BCUT2D eigenvalue weighted by atomic mass is 10.2. The minimum Gasteiger partial charge on any atom is -0.375 e. The fourth-order valence-electron chi connectivity index (χ4n) is 0.875. The van der Waals surface area contributed by atoms with Gasteiger partial charge in [-0.2, -0.15) is 0 Å². The minimum atomic E-state index is 1.21. The van der Waals surface area contributed by atoms with Crippen molar-refractivity contribution >= 4 is 0 Å². The number of nitrogens with one attached hydrogen (secondary N) is 1. The number of likely N-dealkylation sites (tertiary alicyclic amines) is 1. The number of hydrogen-bond donors (Lipinski definition) is 1. The first-order chi connectivity index (χ1) is 6.72. The Morgan fingerprint density at radius 1 is 1.21 bits per heavy atom. The quantitative estimate of drug-likeness (QED) is 0.697. The second-order valence-electron chi connectivity index (χ2n) is 3.89. The summed E-state index contributed by atoms with van der Waals surface area (Å²) in [5.74, 6) is 0. The molecule has 2 fully saturated rings. The van der Waals surface area contributed by atoms with Gasteiger partial charge in [0.2, 0.25) is 0 Å². The largest absolute Gasteiger partial charge is 0.375 e. The van der Waals surface area contributed by atoms with E-state index in [0.29, 0.717) is 0 Å².